The lowest BCUT2D eigenvalue weighted by Gasteiger charge is -2.13. The molecule has 0 nitrogen and oxygen atoms in total. The summed E-state index contributed by atoms with van der Waals surface area (Å²) < 4.78 is 35.2. The number of halogens is 3. The van der Waals surface area contributed by atoms with Gasteiger partial charge in [-0.05, 0) is 42.5 Å². The number of alkyl halides is 3. The van der Waals surface area contributed by atoms with Crippen molar-refractivity contribution >= 4 is 11.3 Å². The average molecular weight is 308 g/mol. The van der Waals surface area contributed by atoms with Gasteiger partial charge >= 0.3 is 6.18 Å². The van der Waals surface area contributed by atoms with E-state index in [1.807, 2.05) is 25.2 Å². The van der Waals surface area contributed by atoms with Crippen LogP contribution in [-0.4, -0.2) is 6.18 Å². The van der Waals surface area contributed by atoms with Crippen molar-refractivity contribution in [1.29, 1.82) is 0 Å². The maximum absolute atomic E-state index is 11.7. The summed E-state index contributed by atoms with van der Waals surface area (Å²) in [5.74, 6) is -0.382. The first-order chi connectivity index (χ1) is 9.36. The van der Waals surface area contributed by atoms with Gasteiger partial charge in [0.2, 0.25) is 0 Å². The summed E-state index contributed by atoms with van der Waals surface area (Å²) in [7, 11) is 0. The highest BCUT2D eigenvalue weighted by molar-refractivity contribution is 7.10. The molecule has 0 amide bonds. The van der Waals surface area contributed by atoms with Crippen molar-refractivity contribution in [1.82, 2.24) is 0 Å². The summed E-state index contributed by atoms with van der Waals surface area (Å²) in [5.41, 5.74) is 0. The molecular formula is C16H27F3S. The lowest BCUT2D eigenvalue weighted by molar-refractivity contribution is -0.174. The van der Waals surface area contributed by atoms with Crippen molar-refractivity contribution in [3.63, 3.8) is 0 Å². The van der Waals surface area contributed by atoms with Gasteiger partial charge in [0.15, 0.2) is 0 Å². The number of hydrogen-bond donors (Lipinski definition) is 0. The number of thiophene rings is 1. The standard InChI is InChI=1S/C8H12S.C6H9F3.C2H6/c1-3-7(2)8-5-4-6-9-8;1-4(5-2-3-5)6(7,8)9;1-2/h4-7H,3H2,1-2H3;4-5H,2-3H2,1H3;1-2H3. The Morgan fingerprint density at radius 3 is 2.05 bits per heavy atom. The Bertz CT molecular complexity index is 326. The lowest BCUT2D eigenvalue weighted by atomic mass is 10.1. The second kappa shape index (κ2) is 9.43. The van der Waals surface area contributed by atoms with Crippen LogP contribution in [0, 0.1) is 11.8 Å². The van der Waals surface area contributed by atoms with Crippen LogP contribution < -0.4 is 0 Å². The molecule has 20 heavy (non-hydrogen) atoms. The Kier molecular flexibility index (Phi) is 9.19. The largest absolute Gasteiger partial charge is 0.391 e. The van der Waals surface area contributed by atoms with E-state index in [1.165, 1.54) is 18.2 Å². The Morgan fingerprint density at radius 2 is 1.80 bits per heavy atom. The Morgan fingerprint density at radius 1 is 1.25 bits per heavy atom. The highest BCUT2D eigenvalue weighted by atomic mass is 32.1. The molecule has 1 aromatic rings. The second-order valence-corrected chi connectivity index (χ2v) is 5.97. The van der Waals surface area contributed by atoms with Gasteiger partial charge < -0.3 is 0 Å². The van der Waals surface area contributed by atoms with Gasteiger partial charge in [0, 0.05) is 4.88 Å². The smallest absolute Gasteiger partial charge is 0.171 e. The predicted octanol–water partition coefficient (Wildman–Crippen LogP) is 6.88. The summed E-state index contributed by atoms with van der Waals surface area (Å²) in [6.07, 6.45) is -1.18. The number of hydrogen-bond acceptors (Lipinski definition) is 1. The molecule has 0 radical (unpaired) electrons. The molecule has 2 unspecified atom stereocenters. The molecule has 4 heteroatoms. The summed E-state index contributed by atoms with van der Waals surface area (Å²) >= 11 is 1.86. The Hall–Kier alpha value is -0.510. The van der Waals surface area contributed by atoms with E-state index in [0.717, 1.165) is 18.8 Å². The van der Waals surface area contributed by atoms with Crippen LogP contribution >= 0.6 is 11.3 Å². The molecule has 0 N–H and O–H groups in total. The average Bonchev–Trinajstić information content (AvgIpc) is 3.13. The maximum atomic E-state index is 11.7. The van der Waals surface area contributed by atoms with Crippen LogP contribution in [0.2, 0.25) is 0 Å². The first-order valence-corrected chi connectivity index (χ1v) is 8.34. The van der Waals surface area contributed by atoms with Crippen LogP contribution in [0.5, 0.6) is 0 Å². The Labute approximate surface area is 125 Å². The van der Waals surface area contributed by atoms with Crippen LogP contribution in [0.4, 0.5) is 13.2 Å². The summed E-state index contributed by atoms with van der Waals surface area (Å²) in [4.78, 5) is 1.51. The normalized spacial score (nSPS) is 17.2. The van der Waals surface area contributed by atoms with Crippen molar-refractivity contribution in [3.8, 4) is 0 Å². The van der Waals surface area contributed by atoms with E-state index >= 15 is 0 Å². The van der Waals surface area contributed by atoms with E-state index < -0.39 is 12.1 Å². The van der Waals surface area contributed by atoms with E-state index in [9.17, 15) is 13.2 Å². The van der Waals surface area contributed by atoms with Crippen molar-refractivity contribution in [2.75, 3.05) is 0 Å². The molecular weight excluding hydrogens is 281 g/mol. The predicted molar refractivity (Wildman–Crippen MR) is 82.3 cm³/mol. The van der Waals surface area contributed by atoms with E-state index in [2.05, 4.69) is 31.4 Å². The van der Waals surface area contributed by atoms with Crippen LogP contribution in [0.3, 0.4) is 0 Å². The molecule has 0 spiro atoms. The van der Waals surface area contributed by atoms with E-state index in [0.29, 0.717) is 0 Å². The van der Waals surface area contributed by atoms with Crippen molar-refractivity contribution < 1.29 is 13.2 Å². The zero-order chi connectivity index (χ0) is 15.8. The zero-order valence-electron chi connectivity index (χ0n) is 13.1. The quantitative estimate of drug-likeness (QED) is 0.570. The molecule has 1 saturated carbocycles. The number of rotatable bonds is 3. The fourth-order valence-corrected chi connectivity index (χ4v) is 2.51. The monoisotopic (exact) mass is 308 g/mol. The van der Waals surface area contributed by atoms with Gasteiger partial charge in [0.1, 0.15) is 0 Å². The molecule has 1 heterocycles. The SMILES string of the molecule is CC.CC(C1CC1)C(F)(F)F.CCC(C)c1cccs1. The lowest BCUT2D eigenvalue weighted by Crippen LogP contribution is -2.21. The molecule has 1 aliphatic rings. The van der Waals surface area contributed by atoms with Gasteiger partial charge in [-0.3, -0.25) is 0 Å². The first-order valence-electron chi connectivity index (χ1n) is 7.46. The zero-order valence-corrected chi connectivity index (χ0v) is 13.9. The third kappa shape index (κ3) is 7.32. The molecule has 1 aliphatic carbocycles. The minimum atomic E-state index is -3.96. The molecule has 0 aliphatic heterocycles. The van der Waals surface area contributed by atoms with E-state index in [4.69, 9.17) is 0 Å². The van der Waals surface area contributed by atoms with Crippen molar-refractivity contribution in [2.24, 2.45) is 11.8 Å². The molecule has 2 rings (SSSR count). The van der Waals surface area contributed by atoms with Crippen molar-refractivity contribution in [2.45, 2.75) is 66.0 Å². The topological polar surface area (TPSA) is 0 Å². The molecule has 1 aromatic heterocycles. The highest BCUT2D eigenvalue weighted by Crippen LogP contribution is 2.44. The maximum Gasteiger partial charge on any atom is 0.391 e. The molecule has 0 saturated heterocycles. The third-order valence-electron chi connectivity index (χ3n) is 3.49. The molecule has 118 valence electrons. The van der Waals surface area contributed by atoms with Crippen molar-refractivity contribution in [3.05, 3.63) is 22.4 Å². The van der Waals surface area contributed by atoms with Gasteiger partial charge in [0.05, 0.1) is 5.92 Å². The fraction of sp³-hybridized carbons (Fsp3) is 0.750. The summed E-state index contributed by atoms with van der Waals surface area (Å²) in [5, 5.41) is 2.14. The van der Waals surface area contributed by atoms with E-state index in [-0.39, 0.29) is 5.92 Å². The van der Waals surface area contributed by atoms with Gasteiger partial charge in [0.25, 0.3) is 0 Å². The molecule has 2 atom stereocenters. The minimum Gasteiger partial charge on any atom is -0.171 e. The van der Waals surface area contributed by atoms with Crippen LogP contribution in [0.1, 0.15) is 64.7 Å². The fourth-order valence-electron chi connectivity index (χ4n) is 1.64. The van der Waals surface area contributed by atoms with Gasteiger partial charge in [-0.2, -0.15) is 13.2 Å². The summed E-state index contributed by atoms with van der Waals surface area (Å²) in [6, 6.07) is 4.32. The van der Waals surface area contributed by atoms with Gasteiger partial charge in [-0.15, -0.1) is 11.3 Å². The van der Waals surface area contributed by atoms with Gasteiger partial charge in [-0.1, -0.05) is 40.7 Å². The Balaban J connectivity index is 0.000000321. The molecule has 0 bridgehead atoms. The van der Waals surface area contributed by atoms with E-state index in [1.54, 1.807) is 0 Å². The van der Waals surface area contributed by atoms with Crippen LogP contribution in [0.25, 0.3) is 0 Å². The third-order valence-corrected chi connectivity index (χ3v) is 4.59. The summed E-state index contributed by atoms with van der Waals surface area (Å²) in [6.45, 7) is 9.76. The minimum absolute atomic E-state index is 0.0648. The highest BCUT2D eigenvalue weighted by Gasteiger charge is 2.45. The van der Waals surface area contributed by atoms with Crippen LogP contribution in [-0.2, 0) is 0 Å². The molecule has 1 fully saturated rings. The molecule has 0 aromatic carbocycles. The van der Waals surface area contributed by atoms with Crippen LogP contribution in [0.15, 0.2) is 17.5 Å². The first kappa shape index (κ1) is 19.5. The second-order valence-electron chi connectivity index (χ2n) is 4.99. The van der Waals surface area contributed by atoms with Gasteiger partial charge in [-0.25, -0.2) is 0 Å².